The number of nitrogens with zero attached hydrogens (tertiary/aromatic N) is 3. The highest BCUT2D eigenvalue weighted by Crippen LogP contribution is 2.20. The molecule has 0 fully saturated rings. The predicted molar refractivity (Wildman–Crippen MR) is 104 cm³/mol. The van der Waals surface area contributed by atoms with Gasteiger partial charge in [-0.2, -0.15) is 0 Å². The van der Waals surface area contributed by atoms with Crippen LogP contribution in [0.5, 0.6) is 0 Å². The monoisotopic (exact) mass is 568 g/mol. The van der Waals surface area contributed by atoms with Crippen LogP contribution in [0, 0.1) is 0 Å². The molecule has 0 amide bonds. The summed E-state index contributed by atoms with van der Waals surface area (Å²) in [6, 6.07) is 0. The number of hydrogen-bond donors (Lipinski definition) is 5. The van der Waals surface area contributed by atoms with Gasteiger partial charge in [-0.05, 0) is 0 Å². The van der Waals surface area contributed by atoms with Crippen LogP contribution in [0.2, 0.25) is 0 Å². The molecule has 5 N–H and O–H groups in total. The van der Waals surface area contributed by atoms with Gasteiger partial charge < -0.3 is 0 Å². The first-order valence-corrected chi connectivity index (χ1v) is 13.8. The average molecular weight is 568 g/mol. The van der Waals surface area contributed by atoms with Crippen molar-refractivity contribution in [2.24, 2.45) is 0 Å². The van der Waals surface area contributed by atoms with Crippen LogP contribution in [0.3, 0.4) is 0 Å². The predicted octanol–water partition coefficient (Wildman–Crippen LogP) is 0.0114. The molecule has 18 nitrogen and oxygen atoms in total. The molecule has 0 rings (SSSR count). The van der Waals surface area contributed by atoms with Crippen LogP contribution < -0.4 is 0 Å². The molecule has 184 valence electrons. The van der Waals surface area contributed by atoms with Crippen molar-refractivity contribution in [3.63, 3.8) is 0 Å². The number of hydrogen-bond acceptors (Lipinski definition) is 13. The minimum atomic E-state index is -2.95. The van der Waals surface area contributed by atoms with E-state index in [2.05, 4.69) is 22.6 Å². The summed E-state index contributed by atoms with van der Waals surface area (Å²) in [7, 11) is -14.8. The highest BCUT2D eigenvalue weighted by Gasteiger charge is 2.25. The quantitative estimate of drug-likeness (QED) is 0.0904. The van der Waals surface area contributed by atoms with Gasteiger partial charge in [0.1, 0.15) is 0 Å². The van der Waals surface area contributed by atoms with Crippen molar-refractivity contribution < 1.29 is 69.9 Å². The Bertz CT molecular complexity index is 564. The van der Waals surface area contributed by atoms with Crippen LogP contribution in [0.1, 0.15) is 0 Å². The largest absolute Gasteiger partial charge is 0.696 e. The van der Waals surface area contributed by atoms with E-state index in [-0.39, 0.29) is 32.9 Å². The summed E-state index contributed by atoms with van der Waals surface area (Å²) in [6.07, 6.45) is 0. The van der Waals surface area contributed by atoms with Crippen LogP contribution >= 0.6 is 41.3 Å². The molecule has 0 aliphatic carbocycles. The molecule has 0 bridgehead atoms. The Morgan fingerprint density at radius 3 is 0.812 bits per heavy atom. The first kappa shape index (κ1) is 32.0. The molecule has 5 atom stereocenters. The third-order valence-corrected chi connectivity index (χ3v) is 4.90. The molecule has 0 spiro atoms. The maximum atomic E-state index is 10.8. The topological polar surface area (TPSA) is 242 Å². The van der Waals surface area contributed by atoms with Crippen LogP contribution in [0.25, 0.3) is 0 Å². The zero-order valence-electron chi connectivity index (χ0n) is 16.3. The van der Waals surface area contributed by atoms with Gasteiger partial charge in [0.2, 0.25) is 0 Å². The maximum Gasteiger partial charge on any atom is 0.696 e. The van der Waals surface area contributed by atoms with Gasteiger partial charge in [0, 0.05) is 49.0 Å². The lowest BCUT2D eigenvalue weighted by Gasteiger charge is -2.25. The Hall–Kier alpha value is -0.0200. The fourth-order valence-corrected chi connectivity index (χ4v) is 3.10. The van der Waals surface area contributed by atoms with Gasteiger partial charge in [-0.15, -0.1) is 47.1 Å². The van der Waals surface area contributed by atoms with E-state index in [0.29, 0.717) is 0 Å². The standard InChI is InChI=1S/C9H18N3O15P5/c13-28(14)23-5-10(1-3-11(6-24-29(15)16)7-25-30(17)18)2-4-12(8-26-31(19)20)9-27-32(21)22/h1-9H2/p+5. The molecule has 5 unspecified atom stereocenters. The molecule has 23 heteroatoms. The lowest BCUT2D eigenvalue weighted by molar-refractivity contribution is 0.0175. The van der Waals surface area contributed by atoms with Gasteiger partial charge in [-0.25, -0.2) is 9.80 Å². The third kappa shape index (κ3) is 20.6. The van der Waals surface area contributed by atoms with Crippen LogP contribution in [0.4, 0.5) is 0 Å². The van der Waals surface area contributed by atoms with Crippen LogP contribution in [0.15, 0.2) is 0 Å². The Kier molecular flexibility index (Phi) is 19.3. The highest BCUT2D eigenvalue weighted by molar-refractivity contribution is 7.32. The summed E-state index contributed by atoms with van der Waals surface area (Å²) in [5, 5.41) is 0. The molecular formula is C9H23N3O15P5+5. The van der Waals surface area contributed by atoms with Gasteiger partial charge in [0.25, 0.3) is 0 Å². The van der Waals surface area contributed by atoms with E-state index < -0.39 is 68.2 Å². The molecular weight excluding hydrogens is 545 g/mol. The van der Waals surface area contributed by atoms with Crippen molar-refractivity contribution in [2.75, 3.05) is 59.8 Å². The first-order valence-electron chi connectivity index (χ1n) is 8.12. The van der Waals surface area contributed by atoms with Crippen molar-refractivity contribution in [3.8, 4) is 0 Å². The van der Waals surface area contributed by atoms with Crippen molar-refractivity contribution in [1.29, 1.82) is 0 Å². The molecule has 0 radical (unpaired) electrons. The second-order valence-corrected chi connectivity index (χ2v) is 9.06. The third-order valence-electron chi connectivity index (χ3n) is 3.22. The Balaban J connectivity index is 4.97. The van der Waals surface area contributed by atoms with E-state index in [0.717, 1.165) is 0 Å². The van der Waals surface area contributed by atoms with Gasteiger partial charge >= 0.3 is 41.3 Å². The number of rotatable bonds is 21. The fraction of sp³-hybridized carbons (Fsp3) is 1.00. The second-order valence-electron chi connectivity index (χ2n) is 5.39. The molecule has 0 aromatic rings. The SMILES string of the molecule is O=[P+](O)OCN(CCN(CO[P+](=O)O)CO[P+](=O)O)CCN(CO[P+](=O)O)CO[P+](=O)O. The van der Waals surface area contributed by atoms with E-state index in [1.165, 1.54) is 14.7 Å². The normalized spacial score (nSPS) is 14.2. The molecule has 0 heterocycles. The van der Waals surface area contributed by atoms with Crippen LogP contribution in [-0.2, 0) is 45.4 Å². The van der Waals surface area contributed by atoms with E-state index in [9.17, 15) is 22.8 Å². The molecule has 32 heavy (non-hydrogen) atoms. The van der Waals surface area contributed by atoms with E-state index >= 15 is 0 Å². The maximum absolute atomic E-state index is 10.8. The molecule has 0 aromatic heterocycles. The summed E-state index contributed by atoms with van der Waals surface area (Å²) < 4.78 is 76.4. The molecule has 0 aliphatic heterocycles. The smallest absolute Gasteiger partial charge is 0.274 e. The molecule has 0 aliphatic rings. The van der Waals surface area contributed by atoms with Crippen molar-refractivity contribution in [2.45, 2.75) is 0 Å². The van der Waals surface area contributed by atoms with Gasteiger partial charge in [-0.1, -0.05) is 0 Å². The second kappa shape index (κ2) is 19.3. The van der Waals surface area contributed by atoms with Crippen LogP contribution in [-0.4, -0.2) is 99.0 Å². The summed E-state index contributed by atoms with van der Waals surface area (Å²) >= 11 is 0. The summed E-state index contributed by atoms with van der Waals surface area (Å²) in [5.74, 6) is 0. The zero-order valence-corrected chi connectivity index (χ0v) is 20.7. The van der Waals surface area contributed by atoms with E-state index in [4.69, 9.17) is 24.5 Å². The minimum absolute atomic E-state index is 0.00984. The molecule has 0 saturated heterocycles. The van der Waals surface area contributed by atoms with Gasteiger partial charge in [-0.3, -0.25) is 4.90 Å². The Morgan fingerprint density at radius 1 is 0.406 bits per heavy atom. The fourth-order valence-electron chi connectivity index (χ4n) is 1.79. The summed E-state index contributed by atoms with van der Waals surface area (Å²) in [4.78, 5) is 47.7. The lowest BCUT2D eigenvalue weighted by atomic mass is 10.4. The van der Waals surface area contributed by atoms with E-state index in [1.54, 1.807) is 0 Å². The Morgan fingerprint density at radius 2 is 0.594 bits per heavy atom. The van der Waals surface area contributed by atoms with Crippen molar-refractivity contribution >= 4 is 41.3 Å². The Labute approximate surface area is 186 Å². The summed E-state index contributed by atoms with van der Waals surface area (Å²) in [6.45, 7) is -2.03. The highest BCUT2D eigenvalue weighted by atomic mass is 31.1. The van der Waals surface area contributed by atoms with Crippen molar-refractivity contribution in [1.82, 2.24) is 14.7 Å². The van der Waals surface area contributed by atoms with Gasteiger partial charge in [0.05, 0.1) is 0 Å². The summed E-state index contributed by atoms with van der Waals surface area (Å²) in [5.41, 5.74) is 0. The average Bonchev–Trinajstić information content (AvgIpc) is 2.68. The minimum Gasteiger partial charge on any atom is -0.274 e. The zero-order chi connectivity index (χ0) is 24.5. The molecule has 0 saturated carbocycles. The van der Waals surface area contributed by atoms with Gasteiger partial charge in [0.15, 0.2) is 33.7 Å². The van der Waals surface area contributed by atoms with E-state index in [1.807, 2.05) is 0 Å². The first-order chi connectivity index (χ1) is 15.0. The lowest BCUT2D eigenvalue weighted by Crippen LogP contribution is -2.41. The van der Waals surface area contributed by atoms with Crippen molar-refractivity contribution in [3.05, 3.63) is 0 Å². The molecule has 0 aromatic carbocycles.